The first-order chi connectivity index (χ1) is 8.11. The summed E-state index contributed by atoms with van der Waals surface area (Å²) in [5, 5.41) is 10.5. The van der Waals surface area contributed by atoms with Gasteiger partial charge in [0, 0.05) is 25.0 Å². The Kier molecular flexibility index (Phi) is 2.53. The van der Waals surface area contributed by atoms with Crippen molar-refractivity contribution in [2.24, 2.45) is 11.8 Å². The molecule has 0 aromatic heterocycles. The number of piperidine rings is 1. The van der Waals surface area contributed by atoms with E-state index in [1.807, 2.05) is 0 Å². The molecule has 3 atom stereocenters. The Morgan fingerprint density at radius 2 is 2.06 bits per heavy atom. The fraction of sp³-hybridized carbons (Fsp3) is 0.600. The number of fused-ring (bicyclic) bond motifs is 1. The lowest BCUT2D eigenvalue weighted by molar-refractivity contribution is 0.0392. The molecule has 1 aliphatic heterocycles. The topological polar surface area (TPSA) is 23.5 Å². The van der Waals surface area contributed by atoms with Crippen molar-refractivity contribution in [1.29, 1.82) is 0 Å². The monoisotopic (exact) mass is 231 g/mol. The van der Waals surface area contributed by atoms with Gasteiger partial charge in [-0.3, -0.25) is 4.90 Å². The minimum absolute atomic E-state index is 0.340. The van der Waals surface area contributed by atoms with Crippen LogP contribution in [-0.4, -0.2) is 28.2 Å². The van der Waals surface area contributed by atoms with E-state index in [9.17, 15) is 5.11 Å². The second-order valence-electron chi connectivity index (χ2n) is 6.00. The van der Waals surface area contributed by atoms with E-state index in [1.54, 1.807) is 0 Å². The van der Waals surface area contributed by atoms with Gasteiger partial charge in [0.2, 0.25) is 0 Å². The number of likely N-dealkylation sites (tertiary alicyclic amines) is 1. The van der Waals surface area contributed by atoms with Gasteiger partial charge in [-0.25, -0.2) is 0 Å². The summed E-state index contributed by atoms with van der Waals surface area (Å²) >= 11 is 0. The highest BCUT2D eigenvalue weighted by Crippen LogP contribution is 2.55. The average Bonchev–Trinajstić information content (AvgIpc) is 2.82. The predicted octanol–water partition coefficient (Wildman–Crippen LogP) is 2.28. The lowest BCUT2D eigenvalue weighted by Crippen LogP contribution is -2.43. The van der Waals surface area contributed by atoms with Crippen LogP contribution < -0.4 is 0 Å². The number of benzene rings is 1. The maximum Gasteiger partial charge on any atom is 0.0850 e. The molecule has 92 valence electrons. The molecular formula is C15H21NO. The molecule has 0 spiro atoms. The Hall–Kier alpha value is -0.860. The first kappa shape index (κ1) is 11.2. The molecule has 2 nitrogen and oxygen atoms in total. The Morgan fingerprint density at radius 3 is 2.71 bits per heavy atom. The van der Waals surface area contributed by atoms with Gasteiger partial charge in [-0.05, 0) is 17.9 Å². The molecule has 2 heteroatoms. The molecule has 0 bridgehead atoms. The number of hydrogen-bond donors (Lipinski definition) is 1. The van der Waals surface area contributed by atoms with Crippen molar-refractivity contribution >= 4 is 0 Å². The summed E-state index contributed by atoms with van der Waals surface area (Å²) in [7, 11) is 0. The van der Waals surface area contributed by atoms with Crippen LogP contribution in [0.2, 0.25) is 0 Å². The third kappa shape index (κ3) is 1.80. The molecule has 2 aliphatic rings. The molecule has 1 N–H and O–H groups in total. The molecule has 1 aromatic carbocycles. The van der Waals surface area contributed by atoms with Gasteiger partial charge in [0.05, 0.1) is 5.60 Å². The molecule has 1 saturated carbocycles. The third-order valence-electron chi connectivity index (χ3n) is 4.34. The zero-order chi connectivity index (χ0) is 12.0. The van der Waals surface area contributed by atoms with E-state index in [1.165, 1.54) is 5.56 Å². The van der Waals surface area contributed by atoms with Crippen LogP contribution in [-0.2, 0) is 6.54 Å². The van der Waals surface area contributed by atoms with Crippen molar-refractivity contribution in [2.45, 2.75) is 38.5 Å². The number of nitrogens with zero attached hydrogens (tertiary/aromatic N) is 1. The molecule has 0 radical (unpaired) electrons. The highest BCUT2D eigenvalue weighted by molar-refractivity contribution is 5.21. The van der Waals surface area contributed by atoms with Crippen LogP contribution in [0.3, 0.4) is 0 Å². The SMILES string of the molecule is CC(C)C1N(Cc2ccccc2)CC2CC21O. The highest BCUT2D eigenvalue weighted by atomic mass is 16.3. The van der Waals surface area contributed by atoms with Crippen LogP contribution in [0.4, 0.5) is 0 Å². The molecular weight excluding hydrogens is 210 g/mol. The third-order valence-corrected chi connectivity index (χ3v) is 4.34. The lowest BCUT2D eigenvalue weighted by Gasteiger charge is -2.33. The van der Waals surface area contributed by atoms with Crippen molar-refractivity contribution < 1.29 is 5.11 Å². The molecule has 1 heterocycles. The van der Waals surface area contributed by atoms with Crippen LogP contribution in [0, 0.1) is 11.8 Å². The minimum Gasteiger partial charge on any atom is -0.388 e. The number of hydrogen-bond acceptors (Lipinski definition) is 2. The predicted molar refractivity (Wildman–Crippen MR) is 68.5 cm³/mol. The van der Waals surface area contributed by atoms with E-state index in [0.717, 1.165) is 19.5 Å². The smallest absolute Gasteiger partial charge is 0.0850 e. The van der Waals surface area contributed by atoms with Crippen molar-refractivity contribution in [3.05, 3.63) is 35.9 Å². The molecule has 17 heavy (non-hydrogen) atoms. The first-order valence-electron chi connectivity index (χ1n) is 6.61. The van der Waals surface area contributed by atoms with Gasteiger partial charge >= 0.3 is 0 Å². The molecule has 1 aromatic rings. The van der Waals surface area contributed by atoms with E-state index in [2.05, 4.69) is 49.1 Å². The molecule has 3 unspecified atom stereocenters. The fourth-order valence-corrected chi connectivity index (χ4v) is 3.61. The Balaban J connectivity index is 1.76. The maximum atomic E-state index is 10.5. The molecule has 1 aliphatic carbocycles. The normalized spacial score (nSPS) is 36.2. The van der Waals surface area contributed by atoms with Crippen molar-refractivity contribution in [2.75, 3.05) is 6.54 Å². The zero-order valence-corrected chi connectivity index (χ0v) is 10.6. The van der Waals surface area contributed by atoms with E-state index in [-0.39, 0.29) is 5.60 Å². The standard InChI is InChI=1S/C15H21NO/c1-11(2)14-15(17)8-13(15)10-16(14)9-12-6-4-3-5-7-12/h3-7,11,13-14,17H,8-10H2,1-2H3. The summed E-state index contributed by atoms with van der Waals surface area (Å²) in [4.78, 5) is 2.47. The van der Waals surface area contributed by atoms with Crippen LogP contribution >= 0.6 is 0 Å². The zero-order valence-electron chi connectivity index (χ0n) is 10.6. The van der Waals surface area contributed by atoms with Gasteiger partial charge in [0.25, 0.3) is 0 Å². The Labute approximate surface area is 103 Å². The Morgan fingerprint density at radius 1 is 1.35 bits per heavy atom. The quantitative estimate of drug-likeness (QED) is 0.862. The van der Waals surface area contributed by atoms with E-state index >= 15 is 0 Å². The van der Waals surface area contributed by atoms with Crippen molar-refractivity contribution in [1.82, 2.24) is 4.90 Å². The van der Waals surface area contributed by atoms with E-state index in [0.29, 0.717) is 17.9 Å². The fourth-order valence-electron chi connectivity index (χ4n) is 3.61. The second kappa shape index (κ2) is 3.82. The van der Waals surface area contributed by atoms with Crippen molar-refractivity contribution in [3.8, 4) is 0 Å². The summed E-state index contributed by atoms with van der Waals surface area (Å²) in [6.07, 6.45) is 1.02. The van der Waals surface area contributed by atoms with E-state index < -0.39 is 0 Å². The summed E-state index contributed by atoms with van der Waals surface area (Å²) in [6, 6.07) is 10.9. The summed E-state index contributed by atoms with van der Waals surface area (Å²) in [5.74, 6) is 1.05. The highest BCUT2D eigenvalue weighted by Gasteiger charge is 2.65. The van der Waals surface area contributed by atoms with Crippen LogP contribution in [0.5, 0.6) is 0 Å². The average molecular weight is 231 g/mol. The van der Waals surface area contributed by atoms with Gasteiger partial charge in [-0.1, -0.05) is 44.2 Å². The van der Waals surface area contributed by atoms with E-state index in [4.69, 9.17) is 0 Å². The van der Waals surface area contributed by atoms with Crippen molar-refractivity contribution in [3.63, 3.8) is 0 Å². The first-order valence-corrected chi connectivity index (χ1v) is 6.61. The maximum absolute atomic E-state index is 10.5. The van der Waals surface area contributed by atoms with Crippen LogP contribution in [0.25, 0.3) is 0 Å². The Bertz CT molecular complexity index is 403. The molecule has 3 rings (SSSR count). The van der Waals surface area contributed by atoms with Gasteiger partial charge in [-0.2, -0.15) is 0 Å². The number of aliphatic hydroxyl groups is 1. The van der Waals surface area contributed by atoms with Crippen LogP contribution in [0.15, 0.2) is 30.3 Å². The second-order valence-corrected chi connectivity index (χ2v) is 6.00. The largest absolute Gasteiger partial charge is 0.388 e. The summed E-state index contributed by atoms with van der Waals surface area (Å²) in [6.45, 7) is 6.49. The van der Waals surface area contributed by atoms with Gasteiger partial charge in [0.15, 0.2) is 0 Å². The lowest BCUT2D eigenvalue weighted by atomic mass is 9.96. The van der Waals surface area contributed by atoms with Crippen LogP contribution in [0.1, 0.15) is 25.8 Å². The molecule has 1 saturated heterocycles. The summed E-state index contributed by atoms with van der Waals surface area (Å²) in [5.41, 5.74) is 0.978. The molecule has 0 amide bonds. The van der Waals surface area contributed by atoms with Gasteiger partial charge < -0.3 is 5.11 Å². The van der Waals surface area contributed by atoms with Gasteiger partial charge in [-0.15, -0.1) is 0 Å². The molecule has 2 fully saturated rings. The van der Waals surface area contributed by atoms with Gasteiger partial charge in [0.1, 0.15) is 0 Å². The minimum atomic E-state index is -0.372. The number of rotatable bonds is 3. The summed E-state index contributed by atoms with van der Waals surface area (Å²) < 4.78 is 0.